The average Bonchev–Trinajstić information content (AvgIpc) is 2.50. The summed E-state index contributed by atoms with van der Waals surface area (Å²) in [4.78, 5) is 14.9. The van der Waals surface area contributed by atoms with Gasteiger partial charge in [0.25, 0.3) is 5.91 Å². The zero-order valence-electron chi connectivity index (χ0n) is 11.5. The summed E-state index contributed by atoms with van der Waals surface area (Å²) < 4.78 is 26.7. The predicted octanol–water partition coefficient (Wildman–Crippen LogP) is 2.37. The third kappa shape index (κ3) is 3.75. The molecule has 0 aliphatic rings. The Balaban J connectivity index is 1.99. The summed E-state index contributed by atoms with van der Waals surface area (Å²) in [5, 5.41) is 5.25. The lowest BCUT2D eigenvalue weighted by Crippen LogP contribution is -2.18. The summed E-state index contributed by atoms with van der Waals surface area (Å²) in [5.41, 5.74) is 1.27. The minimum absolute atomic E-state index is 0.170. The Morgan fingerprint density at radius 2 is 1.95 bits per heavy atom. The van der Waals surface area contributed by atoms with E-state index in [-0.39, 0.29) is 11.6 Å². The maximum absolute atomic E-state index is 13.4. The predicted molar refractivity (Wildman–Crippen MR) is 76.2 cm³/mol. The maximum Gasteiger partial charge on any atom is 0.251 e. The molecule has 21 heavy (non-hydrogen) atoms. The number of aromatic nitrogens is 1. The van der Waals surface area contributed by atoms with Crippen molar-refractivity contribution in [3.63, 3.8) is 0 Å². The Morgan fingerprint density at radius 1 is 1.24 bits per heavy atom. The number of hydrogen-bond donors (Lipinski definition) is 2. The van der Waals surface area contributed by atoms with Gasteiger partial charge in [-0.2, -0.15) is 0 Å². The fourth-order valence-corrected chi connectivity index (χ4v) is 1.92. The van der Waals surface area contributed by atoms with Crippen LogP contribution in [0.3, 0.4) is 0 Å². The van der Waals surface area contributed by atoms with Crippen molar-refractivity contribution in [2.75, 3.05) is 18.9 Å². The van der Waals surface area contributed by atoms with E-state index in [9.17, 15) is 13.6 Å². The molecule has 0 aliphatic heterocycles. The van der Waals surface area contributed by atoms with Gasteiger partial charge in [-0.1, -0.05) is 12.1 Å². The number of carbonyl (C=O) groups is 1. The number of nitrogens with one attached hydrogen (secondary N) is 2. The summed E-state index contributed by atoms with van der Waals surface area (Å²) in [6.07, 6.45) is 2.45. The molecule has 0 unspecified atom stereocenters. The van der Waals surface area contributed by atoms with Crippen molar-refractivity contribution >= 4 is 11.6 Å². The van der Waals surface area contributed by atoms with Crippen LogP contribution in [0.25, 0.3) is 0 Å². The molecular weight excluding hydrogens is 276 g/mol. The Bertz CT molecular complexity index is 626. The lowest BCUT2D eigenvalue weighted by atomic mass is 10.1. The van der Waals surface area contributed by atoms with Crippen molar-refractivity contribution in [1.82, 2.24) is 10.3 Å². The average molecular weight is 291 g/mol. The van der Waals surface area contributed by atoms with Crippen LogP contribution in [0.4, 0.5) is 14.5 Å². The van der Waals surface area contributed by atoms with E-state index in [1.54, 1.807) is 25.2 Å². The van der Waals surface area contributed by atoms with Crippen LogP contribution in [0.5, 0.6) is 0 Å². The van der Waals surface area contributed by atoms with Gasteiger partial charge in [0.1, 0.15) is 5.69 Å². The summed E-state index contributed by atoms with van der Waals surface area (Å²) in [6, 6.07) is 7.08. The quantitative estimate of drug-likeness (QED) is 0.889. The molecule has 2 N–H and O–H groups in total. The second kappa shape index (κ2) is 6.78. The van der Waals surface area contributed by atoms with E-state index in [0.717, 1.165) is 18.0 Å². The van der Waals surface area contributed by atoms with Crippen LogP contribution in [-0.4, -0.2) is 24.5 Å². The summed E-state index contributed by atoms with van der Waals surface area (Å²) in [7, 11) is 1.56. The molecule has 0 fully saturated rings. The number of nitrogens with zero attached hydrogens (tertiary/aromatic N) is 1. The molecule has 2 aromatic rings. The normalized spacial score (nSPS) is 10.2. The molecule has 0 aliphatic carbocycles. The lowest BCUT2D eigenvalue weighted by Gasteiger charge is -2.09. The van der Waals surface area contributed by atoms with Crippen LogP contribution >= 0.6 is 0 Å². The molecule has 0 atom stereocenters. The van der Waals surface area contributed by atoms with Crippen molar-refractivity contribution in [2.45, 2.75) is 6.42 Å². The number of carbonyl (C=O) groups excluding carboxylic acids is 1. The molecule has 0 bridgehead atoms. The molecule has 0 saturated carbocycles. The Labute approximate surface area is 121 Å². The molecule has 0 radical (unpaired) electrons. The zero-order chi connectivity index (χ0) is 15.2. The highest BCUT2D eigenvalue weighted by molar-refractivity contribution is 5.94. The van der Waals surface area contributed by atoms with E-state index in [4.69, 9.17) is 0 Å². The number of anilines is 1. The van der Waals surface area contributed by atoms with Gasteiger partial charge in [-0.3, -0.25) is 9.78 Å². The van der Waals surface area contributed by atoms with Crippen LogP contribution in [0.2, 0.25) is 0 Å². The van der Waals surface area contributed by atoms with Gasteiger partial charge in [-0.15, -0.1) is 0 Å². The third-order valence-electron chi connectivity index (χ3n) is 2.99. The smallest absolute Gasteiger partial charge is 0.251 e. The van der Waals surface area contributed by atoms with Gasteiger partial charge in [0.2, 0.25) is 0 Å². The minimum atomic E-state index is -0.728. The Hall–Kier alpha value is -2.50. The molecule has 1 heterocycles. The standard InChI is InChI=1S/C15H15F2N3O/c1-18-15(21)11-4-2-3-10(7-11)5-6-20-14-12(16)8-19-9-13(14)17/h2-4,7-9H,5-6H2,1H3,(H,18,21)(H,19,20). The van der Waals surface area contributed by atoms with E-state index in [0.29, 0.717) is 18.5 Å². The fourth-order valence-electron chi connectivity index (χ4n) is 1.92. The Kier molecular flexibility index (Phi) is 4.81. The van der Waals surface area contributed by atoms with Crippen LogP contribution in [0.1, 0.15) is 15.9 Å². The van der Waals surface area contributed by atoms with Gasteiger partial charge in [-0.25, -0.2) is 8.78 Å². The molecular formula is C15H15F2N3O. The first-order valence-corrected chi connectivity index (χ1v) is 6.45. The van der Waals surface area contributed by atoms with Crippen molar-refractivity contribution in [2.24, 2.45) is 0 Å². The number of hydrogen-bond acceptors (Lipinski definition) is 3. The number of rotatable bonds is 5. The van der Waals surface area contributed by atoms with E-state index >= 15 is 0 Å². The fraction of sp³-hybridized carbons (Fsp3) is 0.200. The van der Waals surface area contributed by atoms with Crippen LogP contribution in [-0.2, 0) is 6.42 Å². The second-order valence-corrected chi connectivity index (χ2v) is 4.43. The summed E-state index contributed by atoms with van der Waals surface area (Å²) in [5.74, 6) is -1.63. The van der Waals surface area contributed by atoms with Gasteiger partial charge in [-0.05, 0) is 24.1 Å². The molecule has 110 valence electrons. The minimum Gasteiger partial charge on any atom is -0.380 e. The number of amides is 1. The highest BCUT2D eigenvalue weighted by Crippen LogP contribution is 2.16. The van der Waals surface area contributed by atoms with Crippen molar-refractivity contribution < 1.29 is 13.6 Å². The third-order valence-corrected chi connectivity index (χ3v) is 2.99. The first kappa shape index (κ1) is 14.9. The van der Waals surface area contributed by atoms with Crippen molar-refractivity contribution in [1.29, 1.82) is 0 Å². The van der Waals surface area contributed by atoms with Gasteiger partial charge < -0.3 is 10.6 Å². The molecule has 1 aromatic carbocycles. The molecule has 2 rings (SSSR count). The monoisotopic (exact) mass is 291 g/mol. The first-order valence-electron chi connectivity index (χ1n) is 6.45. The zero-order valence-corrected chi connectivity index (χ0v) is 11.5. The molecule has 1 amide bonds. The SMILES string of the molecule is CNC(=O)c1cccc(CCNc2c(F)cncc2F)c1. The number of halogens is 2. The van der Waals surface area contributed by atoms with Crippen LogP contribution in [0.15, 0.2) is 36.7 Å². The molecule has 6 heteroatoms. The molecule has 0 spiro atoms. The first-order chi connectivity index (χ1) is 10.1. The summed E-state index contributed by atoms with van der Waals surface area (Å²) in [6.45, 7) is 0.342. The van der Waals surface area contributed by atoms with Gasteiger partial charge in [0.05, 0.1) is 12.4 Å². The van der Waals surface area contributed by atoms with E-state index in [2.05, 4.69) is 15.6 Å². The molecule has 1 aromatic heterocycles. The highest BCUT2D eigenvalue weighted by Gasteiger charge is 2.08. The lowest BCUT2D eigenvalue weighted by molar-refractivity contribution is 0.0963. The second-order valence-electron chi connectivity index (χ2n) is 4.43. The largest absolute Gasteiger partial charge is 0.380 e. The van der Waals surface area contributed by atoms with E-state index < -0.39 is 11.6 Å². The van der Waals surface area contributed by atoms with E-state index in [1.165, 1.54) is 0 Å². The van der Waals surface area contributed by atoms with Crippen molar-refractivity contribution in [3.05, 3.63) is 59.4 Å². The summed E-state index contributed by atoms with van der Waals surface area (Å²) >= 11 is 0. The Morgan fingerprint density at radius 3 is 2.62 bits per heavy atom. The van der Waals surface area contributed by atoms with Gasteiger partial charge in [0, 0.05) is 19.2 Å². The van der Waals surface area contributed by atoms with Crippen LogP contribution in [0, 0.1) is 11.6 Å². The number of benzene rings is 1. The molecule has 0 saturated heterocycles. The van der Waals surface area contributed by atoms with Gasteiger partial charge >= 0.3 is 0 Å². The highest BCUT2D eigenvalue weighted by atomic mass is 19.1. The van der Waals surface area contributed by atoms with Crippen LogP contribution < -0.4 is 10.6 Å². The topological polar surface area (TPSA) is 54.0 Å². The van der Waals surface area contributed by atoms with Crippen molar-refractivity contribution in [3.8, 4) is 0 Å². The number of pyridine rings is 1. The van der Waals surface area contributed by atoms with E-state index in [1.807, 2.05) is 6.07 Å². The van der Waals surface area contributed by atoms with Gasteiger partial charge in [0.15, 0.2) is 11.6 Å². The maximum atomic E-state index is 13.4. The molecule has 4 nitrogen and oxygen atoms in total.